The zero-order valence-electron chi connectivity index (χ0n) is 15.7. The molecule has 0 unspecified atom stereocenters. The summed E-state index contributed by atoms with van der Waals surface area (Å²) in [7, 11) is 0. The predicted molar refractivity (Wildman–Crippen MR) is 103 cm³/mol. The van der Waals surface area contributed by atoms with Gasteiger partial charge in [-0.2, -0.15) is 10.4 Å². The minimum atomic E-state index is -0.457. The molecule has 4 heteroatoms. The maximum absolute atomic E-state index is 9.97. The van der Waals surface area contributed by atoms with Crippen molar-refractivity contribution < 1.29 is 5.11 Å². The van der Waals surface area contributed by atoms with Crippen molar-refractivity contribution in [3.05, 3.63) is 29.5 Å². The van der Waals surface area contributed by atoms with Crippen LogP contribution in [0.25, 0.3) is 10.9 Å². The lowest BCUT2D eigenvalue weighted by atomic mass is 9.69. The first-order valence-corrected chi connectivity index (χ1v) is 10.3. The number of hydrogen-bond acceptors (Lipinski definition) is 3. The first kappa shape index (κ1) is 17.5. The van der Waals surface area contributed by atoms with Gasteiger partial charge in [-0.25, -0.2) is 0 Å². The summed E-state index contributed by atoms with van der Waals surface area (Å²) < 4.78 is 2.26. The summed E-state index contributed by atoms with van der Waals surface area (Å²) in [6.45, 7) is 2.17. The van der Waals surface area contributed by atoms with Crippen molar-refractivity contribution in [1.29, 1.82) is 5.26 Å². The number of aliphatic hydroxyl groups excluding tert-OH is 1. The molecule has 0 amide bonds. The molecule has 0 saturated heterocycles. The van der Waals surface area contributed by atoms with Crippen LogP contribution in [0, 0.1) is 11.3 Å². The molecule has 0 spiro atoms. The summed E-state index contributed by atoms with van der Waals surface area (Å²) in [5, 5.41) is 26.1. The van der Waals surface area contributed by atoms with Crippen LogP contribution in [0.1, 0.15) is 82.0 Å². The Labute approximate surface area is 155 Å². The fourth-order valence-corrected chi connectivity index (χ4v) is 4.93. The Balaban J connectivity index is 1.79. The molecule has 2 aliphatic rings. The van der Waals surface area contributed by atoms with E-state index in [-0.39, 0.29) is 6.10 Å². The van der Waals surface area contributed by atoms with Crippen LogP contribution in [0.15, 0.2) is 18.2 Å². The van der Waals surface area contributed by atoms with Crippen molar-refractivity contribution in [2.24, 2.45) is 0 Å². The molecule has 26 heavy (non-hydrogen) atoms. The van der Waals surface area contributed by atoms with Crippen LogP contribution in [0.5, 0.6) is 0 Å². The third-order valence-electron chi connectivity index (χ3n) is 6.61. The number of aryl methyl sites for hydroxylation is 1. The van der Waals surface area contributed by atoms with E-state index < -0.39 is 5.41 Å². The minimum absolute atomic E-state index is 0.250. The maximum Gasteiger partial charge on any atom is 0.0825 e. The van der Waals surface area contributed by atoms with Crippen LogP contribution < -0.4 is 0 Å². The summed E-state index contributed by atoms with van der Waals surface area (Å²) in [6, 6.07) is 9.64. The standard InChI is InChI=1S/C22H29N3O/c1-2-20-19-9-8-16(22(15-23)12-10-18(26)11-13-22)14-21(19)25(24-20)17-6-4-3-5-7-17/h8-9,14,17-18,26H,2-7,10-13H2,1H3. The van der Waals surface area contributed by atoms with Gasteiger partial charge in [0.25, 0.3) is 0 Å². The highest BCUT2D eigenvalue weighted by molar-refractivity contribution is 5.83. The van der Waals surface area contributed by atoms with E-state index in [1.54, 1.807) is 0 Å². The van der Waals surface area contributed by atoms with Crippen molar-refractivity contribution in [2.75, 3.05) is 0 Å². The molecule has 138 valence electrons. The van der Waals surface area contributed by atoms with Crippen LogP contribution >= 0.6 is 0 Å². The van der Waals surface area contributed by atoms with Crippen LogP contribution in [0.3, 0.4) is 0 Å². The van der Waals surface area contributed by atoms with Gasteiger partial charge in [-0.1, -0.05) is 38.3 Å². The summed E-state index contributed by atoms with van der Waals surface area (Å²) in [6.07, 6.45) is 9.93. The summed E-state index contributed by atoms with van der Waals surface area (Å²) in [5.74, 6) is 0. The van der Waals surface area contributed by atoms with Crippen molar-refractivity contribution in [3.8, 4) is 6.07 Å². The second-order valence-corrected chi connectivity index (χ2v) is 8.19. The largest absolute Gasteiger partial charge is 0.393 e. The number of hydrogen-bond donors (Lipinski definition) is 1. The highest BCUT2D eigenvalue weighted by Gasteiger charge is 2.37. The molecule has 4 nitrogen and oxygen atoms in total. The molecule has 2 aromatic rings. The monoisotopic (exact) mass is 351 g/mol. The van der Waals surface area contributed by atoms with Crippen molar-refractivity contribution in [3.63, 3.8) is 0 Å². The van der Waals surface area contributed by atoms with E-state index in [9.17, 15) is 10.4 Å². The fraction of sp³-hybridized carbons (Fsp3) is 0.636. The Morgan fingerprint density at radius 1 is 1.19 bits per heavy atom. The molecule has 1 heterocycles. The third-order valence-corrected chi connectivity index (χ3v) is 6.61. The number of aliphatic hydroxyl groups is 1. The molecule has 1 aromatic carbocycles. The lowest BCUT2D eigenvalue weighted by Crippen LogP contribution is -2.32. The first-order chi connectivity index (χ1) is 12.7. The van der Waals surface area contributed by atoms with Crippen LogP contribution in [0.4, 0.5) is 0 Å². The Morgan fingerprint density at radius 2 is 1.92 bits per heavy atom. The molecule has 2 saturated carbocycles. The van der Waals surface area contributed by atoms with Gasteiger partial charge in [0.1, 0.15) is 0 Å². The van der Waals surface area contributed by atoms with E-state index in [0.29, 0.717) is 18.9 Å². The van der Waals surface area contributed by atoms with Gasteiger partial charge in [0.2, 0.25) is 0 Å². The number of rotatable bonds is 3. The van der Waals surface area contributed by atoms with E-state index in [0.717, 1.165) is 24.8 Å². The van der Waals surface area contributed by atoms with Gasteiger partial charge in [0.05, 0.1) is 34.8 Å². The normalized spacial score (nSPS) is 27.5. The van der Waals surface area contributed by atoms with Gasteiger partial charge in [0.15, 0.2) is 0 Å². The number of aromatic nitrogens is 2. The fourth-order valence-electron chi connectivity index (χ4n) is 4.93. The molecule has 0 atom stereocenters. The van der Waals surface area contributed by atoms with E-state index in [1.165, 1.54) is 48.7 Å². The Morgan fingerprint density at radius 3 is 2.58 bits per heavy atom. The SMILES string of the molecule is CCc1nn(C2CCCCC2)c2cc(C3(C#N)CCC(O)CC3)ccc12. The lowest BCUT2D eigenvalue weighted by molar-refractivity contribution is 0.109. The number of fused-ring (bicyclic) bond motifs is 1. The Bertz CT molecular complexity index is 818. The molecule has 0 radical (unpaired) electrons. The molecule has 0 aliphatic heterocycles. The number of nitrogens with zero attached hydrogens (tertiary/aromatic N) is 3. The smallest absolute Gasteiger partial charge is 0.0825 e. The maximum atomic E-state index is 9.97. The summed E-state index contributed by atoms with van der Waals surface area (Å²) >= 11 is 0. The Kier molecular flexibility index (Phi) is 4.75. The van der Waals surface area contributed by atoms with E-state index in [1.807, 2.05) is 0 Å². The predicted octanol–water partition coefficient (Wildman–Crippen LogP) is 4.80. The van der Waals surface area contributed by atoms with E-state index >= 15 is 0 Å². The van der Waals surface area contributed by atoms with Gasteiger partial charge in [0, 0.05) is 5.39 Å². The number of nitriles is 1. The van der Waals surface area contributed by atoms with Crippen LogP contribution in [0.2, 0.25) is 0 Å². The average Bonchev–Trinajstić information content (AvgIpc) is 3.07. The third kappa shape index (κ3) is 2.93. The highest BCUT2D eigenvalue weighted by atomic mass is 16.3. The van der Waals surface area contributed by atoms with Crippen molar-refractivity contribution in [2.45, 2.75) is 88.7 Å². The van der Waals surface area contributed by atoms with Gasteiger partial charge in [-0.15, -0.1) is 0 Å². The topological polar surface area (TPSA) is 61.8 Å². The zero-order valence-corrected chi connectivity index (χ0v) is 15.7. The molecule has 2 aliphatic carbocycles. The van der Waals surface area contributed by atoms with Gasteiger partial charge in [-0.3, -0.25) is 4.68 Å². The van der Waals surface area contributed by atoms with Gasteiger partial charge < -0.3 is 5.11 Å². The van der Waals surface area contributed by atoms with Crippen LogP contribution in [-0.2, 0) is 11.8 Å². The lowest BCUT2D eigenvalue weighted by Gasteiger charge is -2.33. The molecule has 2 fully saturated rings. The minimum Gasteiger partial charge on any atom is -0.393 e. The zero-order chi connectivity index (χ0) is 18.1. The van der Waals surface area contributed by atoms with Gasteiger partial charge in [-0.05, 0) is 56.6 Å². The highest BCUT2D eigenvalue weighted by Crippen LogP contribution is 2.41. The number of benzene rings is 1. The average molecular weight is 351 g/mol. The van der Waals surface area contributed by atoms with Crippen molar-refractivity contribution in [1.82, 2.24) is 9.78 Å². The van der Waals surface area contributed by atoms with Crippen LogP contribution in [-0.4, -0.2) is 21.0 Å². The molecular formula is C22H29N3O. The summed E-state index contributed by atoms with van der Waals surface area (Å²) in [5.41, 5.74) is 3.02. The molecule has 0 bridgehead atoms. The second-order valence-electron chi connectivity index (χ2n) is 8.19. The molecular weight excluding hydrogens is 322 g/mol. The molecule has 4 rings (SSSR count). The Hall–Kier alpha value is -1.86. The molecule has 1 aromatic heterocycles. The van der Waals surface area contributed by atoms with E-state index in [2.05, 4.69) is 35.9 Å². The van der Waals surface area contributed by atoms with Gasteiger partial charge >= 0.3 is 0 Å². The second kappa shape index (κ2) is 7.04. The quantitative estimate of drug-likeness (QED) is 0.864. The van der Waals surface area contributed by atoms with Crippen molar-refractivity contribution >= 4 is 10.9 Å². The summed E-state index contributed by atoms with van der Waals surface area (Å²) in [4.78, 5) is 0. The molecule has 1 N–H and O–H groups in total. The first-order valence-electron chi connectivity index (χ1n) is 10.3. The van der Waals surface area contributed by atoms with E-state index in [4.69, 9.17) is 5.10 Å².